The number of alkyl halides is 3. The van der Waals surface area contributed by atoms with Crippen LogP contribution in [0.1, 0.15) is 10.4 Å². The van der Waals surface area contributed by atoms with Crippen LogP contribution in [-0.2, 0) is 14.6 Å². The normalized spacial score (nSPS) is 12.1. The van der Waals surface area contributed by atoms with Crippen molar-refractivity contribution >= 4 is 15.8 Å². The Hall–Kier alpha value is -1.77. The third kappa shape index (κ3) is 4.43. The second-order valence-electron chi connectivity index (χ2n) is 3.50. The van der Waals surface area contributed by atoms with Crippen molar-refractivity contribution in [3.8, 4) is 5.75 Å². The molecule has 0 atom stereocenters. The molecule has 0 aliphatic heterocycles. The van der Waals surface area contributed by atoms with Crippen LogP contribution in [0.3, 0.4) is 0 Å². The average molecular weight is 298 g/mol. The zero-order chi connectivity index (χ0) is 14.8. The number of rotatable bonds is 3. The molecule has 0 saturated carbocycles. The fraction of sp³-hybridized carbons (Fsp3) is 0.300. The lowest BCUT2D eigenvalue weighted by Gasteiger charge is -2.11. The van der Waals surface area contributed by atoms with E-state index in [0.29, 0.717) is 6.07 Å². The third-order valence-corrected chi connectivity index (χ3v) is 3.05. The smallest absolute Gasteiger partial charge is 0.465 e. The SMILES string of the molecule is COC(=O)c1cc(OC(F)(F)F)cc(S(C)(=O)=O)c1. The zero-order valence-corrected chi connectivity index (χ0v) is 10.6. The summed E-state index contributed by atoms with van der Waals surface area (Å²) < 4.78 is 66.9. The van der Waals surface area contributed by atoms with Crippen molar-refractivity contribution in [3.63, 3.8) is 0 Å². The highest BCUT2D eigenvalue weighted by Crippen LogP contribution is 2.27. The van der Waals surface area contributed by atoms with Crippen LogP contribution in [0.15, 0.2) is 23.1 Å². The molecule has 0 aliphatic carbocycles. The van der Waals surface area contributed by atoms with E-state index in [0.717, 1.165) is 25.5 Å². The van der Waals surface area contributed by atoms with Crippen molar-refractivity contribution in [2.45, 2.75) is 11.3 Å². The number of carbonyl (C=O) groups excluding carboxylic acids is 1. The van der Waals surface area contributed by atoms with Gasteiger partial charge in [-0.05, 0) is 18.2 Å². The minimum absolute atomic E-state index is 0.357. The largest absolute Gasteiger partial charge is 0.573 e. The predicted octanol–water partition coefficient (Wildman–Crippen LogP) is 1.78. The Balaban J connectivity index is 3.37. The van der Waals surface area contributed by atoms with Crippen molar-refractivity contribution in [2.24, 2.45) is 0 Å². The number of halogens is 3. The molecule has 0 heterocycles. The van der Waals surface area contributed by atoms with Gasteiger partial charge in [0.15, 0.2) is 9.84 Å². The molecule has 0 bridgehead atoms. The molecule has 0 aromatic heterocycles. The molecule has 19 heavy (non-hydrogen) atoms. The molecule has 1 rings (SSSR count). The number of methoxy groups -OCH3 is 1. The first-order chi connectivity index (χ1) is 8.53. The third-order valence-electron chi connectivity index (χ3n) is 1.96. The van der Waals surface area contributed by atoms with Gasteiger partial charge in [-0.2, -0.15) is 0 Å². The molecule has 0 N–H and O–H groups in total. The molecule has 0 fully saturated rings. The monoisotopic (exact) mass is 298 g/mol. The molecule has 0 unspecified atom stereocenters. The van der Waals surface area contributed by atoms with Crippen LogP contribution in [0, 0.1) is 0 Å². The second-order valence-corrected chi connectivity index (χ2v) is 5.52. The molecule has 0 aliphatic rings. The molecule has 106 valence electrons. The summed E-state index contributed by atoms with van der Waals surface area (Å²) in [6.45, 7) is 0. The highest BCUT2D eigenvalue weighted by Gasteiger charge is 2.32. The van der Waals surface area contributed by atoms with Crippen LogP contribution in [-0.4, -0.2) is 34.1 Å². The quantitative estimate of drug-likeness (QED) is 0.795. The summed E-state index contributed by atoms with van der Waals surface area (Å²) in [5.74, 6) is -1.78. The Labute approximate surface area is 106 Å². The molecule has 9 heteroatoms. The molecule has 1 aromatic rings. The standard InChI is InChI=1S/C10H9F3O5S/c1-17-9(14)6-3-7(18-10(11,12)13)5-8(4-6)19(2,15)16/h3-5H,1-2H3. The van der Waals surface area contributed by atoms with Gasteiger partial charge in [0.05, 0.1) is 17.6 Å². The van der Waals surface area contributed by atoms with Gasteiger partial charge in [0, 0.05) is 6.26 Å². The second kappa shape index (κ2) is 5.08. The number of carbonyl (C=O) groups is 1. The Morgan fingerprint density at radius 1 is 1.21 bits per heavy atom. The first-order valence-electron chi connectivity index (χ1n) is 4.72. The van der Waals surface area contributed by atoms with Gasteiger partial charge in [-0.1, -0.05) is 0 Å². The highest BCUT2D eigenvalue weighted by molar-refractivity contribution is 7.90. The summed E-state index contributed by atoms with van der Waals surface area (Å²) in [7, 11) is -2.79. The minimum atomic E-state index is -5.00. The van der Waals surface area contributed by atoms with Gasteiger partial charge in [0.25, 0.3) is 0 Å². The molecule has 5 nitrogen and oxygen atoms in total. The van der Waals surface area contributed by atoms with Crippen molar-refractivity contribution in [3.05, 3.63) is 23.8 Å². The number of ether oxygens (including phenoxy) is 2. The lowest BCUT2D eigenvalue weighted by Crippen LogP contribution is -2.18. The van der Waals surface area contributed by atoms with E-state index in [1.54, 1.807) is 0 Å². The van der Waals surface area contributed by atoms with Crippen LogP contribution in [0.5, 0.6) is 5.75 Å². The Kier molecular flexibility index (Phi) is 4.09. The van der Waals surface area contributed by atoms with Crippen LogP contribution in [0.25, 0.3) is 0 Å². The van der Waals surface area contributed by atoms with E-state index in [1.807, 2.05) is 0 Å². The van der Waals surface area contributed by atoms with Crippen LogP contribution >= 0.6 is 0 Å². The van der Waals surface area contributed by atoms with E-state index in [2.05, 4.69) is 9.47 Å². The molecule has 0 amide bonds. The first-order valence-corrected chi connectivity index (χ1v) is 6.61. The maximum absolute atomic E-state index is 12.1. The molecule has 0 saturated heterocycles. The summed E-state index contributed by atoms with van der Waals surface area (Å²) >= 11 is 0. The summed E-state index contributed by atoms with van der Waals surface area (Å²) in [6.07, 6.45) is -4.20. The van der Waals surface area contributed by atoms with Crippen molar-refractivity contribution < 1.29 is 35.9 Å². The van der Waals surface area contributed by atoms with E-state index in [9.17, 15) is 26.4 Å². The van der Waals surface area contributed by atoms with Gasteiger partial charge in [-0.15, -0.1) is 13.2 Å². The molecule has 0 spiro atoms. The van der Waals surface area contributed by atoms with Gasteiger partial charge < -0.3 is 9.47 Å². The van der Waals surface area contributed by atoms with Gasteiger partial charge in [-0.25, -0.2) is 13.2 Å². The molecule has 0 radical (unpaired) electrons. The summed E-state index contributed by atoms with van der Waals surface area (Å²) in [6, 6.07) is 2.33. The van der Waals surface area contributed by atoms with E-state index in [1.165, 1.54) is 0 Å². The molecule has 1 aromatic carbocycles. The first kappa shape index (κ1) is 15.3. The summed E-state index contributed by atoms with van der Waals surface area (Å²) in [5, 5.41) is 0. The minimum Gasteiger partial charge on any atom is -0.465 e. The Morgan fingerprint density at radius 3 is 2.21 bits per heavy atom. The number of hydrogen-bond donors (Lipinski definition) is 0. The summed E-state index contributed by atoms with van der Waals surface area (Å²) in [5.41, 5.74) is -0.357. The van der Waals surface area contributed by atoms with E-state index < -0.39 is 32.8 Å². The number of sulfone groups is 1. The average Bonchev–Trinajstić information content (AvgIpc) is 2.24. The van der Waals surface area contributed by atoms with Gasteiger partial charge >= 0.3 is 12.3 Å². The molecular formula is C10H9F3O5S. The lowest BCUT2D eigenvalue weighted by molar-refractivity contribution is -0.274. The Bertz CT molecular complexity index is 592. The fourth-order valence-electron chi connectivity index (χ4n) is 1.21. The Morgan fingerprint density at radius 2 is 1.79 bits per heavy atom. The van der Waals surface area contributed by atoms with E-state index in [4.69, 9.17) is 0 Å². The number of hydrogen-bond acceptors (Lipinski definition) is 5. The van der Waals surface area contributed by atoms with Crippen molar-refractivity contribution in [1.29, 1.82) is 0 Å². The highest BCUT2D eigenvalue weighted by atomic mass is 32.2. The summed E-state index contributed by atoms with van der Waals surface area (Å²) in [4.78, 5) is 10.8. The van der Waals surface area contributed by atoms with E-state index in [-0.39, 0.29) is 5.56 Å². The van der Waals surface area contributed by atoms with Gasteiger partial charge in [0.1, 0.15) is 5.75 Å². The van der Waals surface area contributed by atoms with Gasteiger partial charge in [0.2, 0.25) is 0 Å². The van der Waals surface area contributed by atoms with Crippen LogP contribution in [0.2, 0.25) is 0 Å². The van der Waals surface area contributed by atoms with Crippen molar-refractivity contribution in [2.75, 3.05) is 13.4 Å². The van der Waals surface area contributed by atoms with E-state index >= 15 is 0 Å². The lowest BCUT2D eigenvalue weighted by atomic mass is 10.2. The fourth-order valence-corrected chi connectivity index (χ4v) is 1.89. The molecular weight excluding hydrogens is 289 g/mol. The van der Waals surface area contributed by atoms with Gasteiger partial charge in [-0.3, -0.25) is 0 Å². The van der Waals surface area contributed by atoms with Crippen LogP contribution < -0.4 is 4.74 Å². The topological polar surface area (TPSA) is 69.7 Å². The predicted molar refractivity (Wildman–Crippen MR) is 57.6 cm³/mol. The van der Waals surface area contributed by atoms with Crippen LogP contribution in [0.4, 0.5) is 13.2 Å². The van der Waals surface area contributed by atoms with Crippen molar-refractivity contribution in [1.82, 2.24) is 0 Å². The number of esters is 1. The maximum atomic E-state index is 12.1. The number of benzene rings is 1. The zero-order valence-electron chi connectivity index (χ0n) is 9.82. The maximum Gasteiger partial charge on any atom is 0.573 e.